The van der Waals surface area contributed by atoms with E-state index in [1.165, 1.54) is 6.07 Å². The second kappa shape index (κ2) is 6.54. The van der Waals surface area contributed by atoms with Gasteiger partial charge in [-0.15, -0.1) is 0 Å². The molecule has 0 bridgehead atoms. The van der Waals surface area contributed by atoms with Crippen LogP contribution in [0.3, 0.4) is 0 Å². The summed E-state index contributed by atoms with van der Waals surface area (Å²) >= 11 is 3.94. The van der Waals surface area contributed by atoms with Crippen LogP contribution in [-0.4, -0.2) is 19.8 Å². The Morgan fingerprint density at radius 1 is 1.32 bits per heavy atom. The van der Waals surface area contributed by atoms with Crippen LogP contribution in [0.25, 0.3) is 11.2 Å². The molecule has 1 aromatic carbocycles. The van der Waals surface area contributed by atoms with Gasteiger partial charge in [0.25, 0.3) is 0 Å². The summed E-state index contributed by atoms with van der Waals surface area (Å²) in [7, 11) is 0. The summed E-state index contributed by atoms with van der Waals surface area (Å²) in [6, 6.07) is 8.77. The number of nitrogens with zero attached hydrogens (tertiary/aromatic N) is 3. The molecule has 0 atom stereocenters. The lowest BCUT2D eigenvalue weighted by atomic mass is 10.2. The van der Waals surface area contributed by atoms with Gasteiger partial charge in [-0.1, -0.05) is 37.7 Å². The second-order valence-corrected chi connectivity index (χ2v) is 8.06. The highest BCUT2D eigenvalue weighted by Gasteiger charge is 2.14. The molecule has 6 heteroatoms. The molecule has 0 aliphatic heterocycles. The number of rotatable bonds is 4. The maximum absolute atomic E-state index is 13.4. The summed E-state index contributed by atoms with van der Waals surface area (Å²) in [4.78, 5) is 9.03. The fraction of sp³-hybridized carbons (Fsp3) is 0.250. The van der Waals surface area contributed by atoms with Gasteiger partial charge in [-0.2, -0.15) is 0 Å². The SMILES string of the molecule is CC(C)Sc1nc2ncc(I)cc2n1Cc1cccc(F)c1. The molecule has 3 nitrogen and oxygen atoms in total. The Morgan fingerprint density at radius 3 is 2.86 bits per heavy atom. The van der Waals surface area contributed by atoms with Crippen molar-refractivity contribution in [3.8, 4) is 0 Å². The third kappa shape index (κ3) is 3.43. The molecular formula is C16H15FIN3S. The van der Waals surface area contributed by atoms with Crippen LogP contribution in [0.4, 0.5) is 4.39 Å². The summed E-state index contributed by atoms with van der Waals surface area (Å²) in [5, 5.41) is 1.34. The summed E-state index contributed by atoms with van der Waals surface area (Å²) in [5.41, 5.74) is 2.64. The number of aromatic nitrogens is 3. The highest BCUT2D eigenvalue weighted by atomic mass is 127. The lowest BCUT2D eigenvalue weighted by Gasteiger charge is -2.10. The Labute approximate surface area is 146 Å². The number of pyridine rings is 1. The number of hydrogen-bond donors (Lipinski definition) is 0. The van der Waals surface area contributed by atoms with Crippen LogP contribution in [0, 0.1) is 9.39 Å². The van der Waals surface area contributed by atoms with Crippen LogP contribution in [0.1, 0.15) is 19.4 Å². The zero-order valence-electron chi connectivity index (χ0n) is 12.3. The Kier molecular flexibility index (Phi) is 4.67. The van der Waals surface area contributed by atoms with Gasteiger partial charge in [-0.25, -0.2) is 14.4 Å². The Balaban J connectivity index is 2.09. The van der Waals surface area contributed by atoms with E-state index in [4.69, 9.17) is 0 Å². The van der Waals surface area contributed by atoms with Gasteiger partial charge >= 0.3 is 0 Å². The van der Waals surface area contributed by atoms with Gasteiger partial charge in [-0.05, 0) is 46.4 Å². The first-order valence-corrected chi connectivity index (χ1v) is 8.91. The van der Waals surface area contributed by atoms with Crippen LogP contribution in [-0.2, 0) is 6.54 Å². The normalized spacial score (nSPS) is 11.5. The topological polar surface area (TPSA) is 30.7 Å². The Hall–Kier alpha value is -1.15. The maximum Gasteiger partial charge on any atom is 0.178 e. The van der Waals surface area contributed by atoms with Crippen molar-refractivity contribution in [1.29, 1.82) is 0 Å². The maximum atomic E-state index is 13.4. The lowest BCUT2D eigenvalue weighted by molar-refractivity contribution is 0.622. The molecule has 0 radical (unpaired) electrons. The average molecular weight is 427 g/mol. The van der Waals surface area contributed by atoms with Gasteiger partial charge in [0, 0.05) is 15.0 Å². The molecular weight excluding hydrogens is 412 g/mol. The van der Waals surface area contributed by atoms with Crippen molar-refractivity contribution >= 4 is 45.5 Å². The first-order chi connectivity index (χ1) is 10.5. The predicted molar refractivity (Wildman–Crippen MR) is 96.7 cm³/mol. The van der Waals surface area contributed by atoms with Crippen molar-refractivity contribution in [2.75, 3.05) is 0 Å². The van der Waals surface area contributed by atoms with E-state index in [0.717, 1.165) is 25.5 Å². The molecule has 0 saturated carbocycles. The highest BCUT2D eigenvalue weighted by Crippen LogP contribution is 2.28. The van der Waals surface area contributed by atoms with Crippen molar-refractivity contribution in [2.24, 2.45) is 0 Å². The van der Waals surface area contributed by atoms with Gasteiger partial charge in [0.05, 0.1) is 12.1 Å². The van der Waals surface area contributed by atoms with Crippen molar-refractivity contribution < 1.29 is 4.39 Å². The van der Waals surface area contributed by atoms with E-state index in [9.17, 15) is 4.39 Å². The van der Waals surface area contributed by atoms with E-state index in [0.29, 0.717) is 11.8 Å². The zero-order valence-corrected chi connectivity index (χ0v) is 15.2. The minimum atomic E-state index is -0.215. The molecule has 2 heterocycles. The van der Waals surface area contributed by atoms with Gasteiger partial charge in [-0.3, -0.25) is 0 Å². The number of halogens is 2. The van der Waals surface area contributed by atoms with Gasteiger partial charge in [0.2, 0.25) is 0 Å². The molecule has 0 aliphatic carbocycles. The molecule has 0 fully saturated rings. The average Bonchev–Trinajstić information content (AvgIpc) is 2.76. The Bertz CT molecular complexity index is 816. The summed E-state index contributed by atoms with van der Waals surface area (Å²) < 4.78 is 16.6. The molecule has 0 spiro atoms. The first-order valence-electron chi connectivity index (χ1n) is 6.96. The van der Waals surface area contributed by atoms with E-state index < -0.39 is 0 Å². The molecule has 2 aromatic heterocycles. The first kappa shape index (κ1) is 15.7. The minimum Gasteiger partial charge on any atom is -0.313 e. The zero-order chi connectivity index (χ0) is 15.7. The van der Waals surface area contributed by atoms with Crippen molar-refractivity contribution in [1.82, 2.24) is 14.5 Å². The number of imidazole rings is 1. The van der Waals surface area contributed by atoms with Gasteiger partial charge in [0.15, 0.2) is 10.8 Å². The van der Waals surface area contributed by atoms with Crippen LogP contribution in [0.5, 0.6) is 0 Å². The molecule has 0 amide bonds. The number of benzene rings is 1. The number of hydrogen-bond acceptors (Lipinski definition) is 3. The third-order valence-corrected chi connectivity index (χ3v) is 4.69. The smallest absolute Gasteiger partial charge is 0.178 e. The molecule has 22 heavy (non-hydrogen) atoms. The minimum absolute atomic E-state index is 0.215. The summed E-state index contributed by atoms with van der Waals surface area (Å²) in [5.74, 6) is -0.215. The van der Waals surface area contributed by atoms with E-state index in [1.807, 2.05) is 12.3 Å². The molecule has 0 N–H and O–H groups in total. The Morgan fingerprint density at radius 2 is 2.14 bits per heavy atom. The summed E-state index contributed by atoms with van der Waals surface area (Å²) in [6.07, 6.45) is 1.81. The fourth-order valence-corrected chi connectivity index (χ4v) is 3.52. The molecule has 3 rings (SSSR count). The molecule has 114 valence electrons. The molecule has 0 unspecified atom stereocenters. The lowest BCUT2D eigenvalue weighted by Crippen LogP contribution is -2.03. The summed E-state index contributed by atoms with van der Waals surface area (Å²) in [6.45, 7) is 4.85. The highest BCUT2D eigenvalue weighted by molar-refractivity contribution is 14.1. The molecule has 0 saturated heterocycles. The predicted octanol–water partition coefficient (Wildman–Crippen LogP) is 4.72. The van der Waals surface area contributed by atoms with Crippen LogP contribution in [0.15, 0.2) is 41.7 Å². The van der Waals surface area contributed by atoms with Crippen molar-refractivity contribution in [2.45, 2.75) is 30.8 Å². The van der Waals surface area contributed by atoms with Crippen LogP contribution < -0.4 is 0 Å². The molecule has 0 aliphatic rings. The standard InChI is InChI=1S/C16H15FIN3S/c1-10(2)22-16-20-15-14(7-13(18)8-19-15)21(16)9-11-4-3-5-12(17)6-11/h3-8,10H,9H2,1-2H3. The van der Waals surface area contributed by atoms with Gasteiger partial charge in [0.1, 0.15) is 5.82 Å². The number of fused-ring (bicyclic) bond motifs is 1. The van der Waals surface area contributed by atoms with Crippen molar-refractivity contribution in [3.63, 3.8) is 0 Å². The monoisotopic (exact) mass is 427 g/mol. The van der Waals surface area contributed by atoms with E-state index in [2.05, 4.69) is 57.0 Å². The van der Waals surface area contributed by atoms with E-state index in [1.54, 1.807) is 23.9 Å². The van der Waals surface area contributed by atoms with E-state index in [-0.39, 0.29) is 5.82 Å². The molecule has 3 aromatic rings. The fourth-order valence-electron chi connectivity index (χ4n) is 2.23. The van der Waals surface area contributed by atoms with E-state index >= 15 is 0 Å². The van der Waals surface area contributed by atoms with Crippen LogP contribution in [0.2, 0.25) is 0 Å². The quantitative estimate of drug-likeness (QED) is 0.446. The second-order valence-electron chi connectivity index (χ2n) is 5.27. The van der Waals surface area contributed by atoms with Crippen LogP contribution >= 0.6 is 34.4 Å². The van der Waals surface area contributed by atoms with Gasteiger partial charge < -0.3 is 4.57 Å². The third-order valence-electron chi connectivity index (χ3n) is 3.11. The van der Waals surface area contributed by atoms with Crippen molar-refractivity contribution in [3.05, 3.63) is 51.5 Å². The largest absolute Gasteiger partial charge is 0.313 e. The number of thioether (sulfide) groups is 1.